The summed E-state index contributed by atoms with van der Waals surface area (Å²) in [5.74, 6) is -0.807. The van der Waals surface area contributed by atoms with Crippen LogP contribution in [0.25, 0.3) is 27.6 Å². The predicted octanol–water partition coefficient (Wildman–Crippen LogP) is -2.08. The van der Waals surface area contributed by atoms with Crippen LogP contribution in [-0.2, 0) is 39.9 Å². The van der Waals surface area contributed by atoms with Crippen molar-refractivity contribution in [3.8, 4) is 0 Å². The third kappa shape index (κ3) is 11.6. The van der Waals surface area contributed by atoms with E-state index in [0.717, 1.165) is 42.5 Å². The molecule has 0 saturated heterocycles. The van der Waals surface area contributed by atoms with Crippen LogP contribution in [0.1, 0.15) is 18.1 Å². The molecule has 1 aliphatic rings. The molecule has 0 atom stereocenters. The fourth-order valence-corrected chi connectivity index (χ4v) is 7.47. The van der Waals surface area contributed by atoms with Crippen molar-refractivity contribution in [2.24, 2.45) is 25.6 Å². The molecule has 18 nitrogen and oxygen atoms in total. The van der Waals surface area contributed by atoms with Crippen LogP contribution >= 0.6 is 0 Å². The number of hydrogen-bond acceptors (Lipinski definition) is 17. The van der Waals surface area contributed by atoms with Crippen molar-refractivity contribution in [2.75, 3.05) is 10.7 Å². The van der Waals surface area contributed by atoms with Gasteiger partial charge in [0, 0.05) is 39.7 Å². The topological polar surface area (TPSA) is 292 Å². The number of rotatable bonds is 10. The first-order chi connectivity index (χ1) is 27.8. The van der Waals surface area contributed by atoms with E-state index in [-0.39, 0.29) is 150 Å². The SMILES string of the molecule is CC(=O)Nc1ccc(N=Nc2ccc(N=Nc3ccc(N/N=C4\C(=O)C=Cc5cc(S(=O)(=O)[O-])ccc54)c4ccc(S(=O)(=O)[O-])cc34)c3cc(S(=O)(=O)[O-])ccc23)cc1.[Na+].[Na+].[Na+]. The van der Waals surface area contributed by atoms with Crippen molar-refractivity contribution in [3.05, 3.63) is 120 Å². The average molecular weight is 920 g/mol. The minimum Gasteiger partial charge on any atom is -0.744 e. The summed E-state index contributed by atoms with van der Waals surface area (Å²) in [4.78, 5) is 22.5. The van der Waals surface area contributed by atoms with E-state index < -0.39 is 50.8 Å². The minimum absolute atomic E-state index is 0. The number of fused-ring (bicyclic) bond motifs is 3. The smallest absolute Gasteiger partial charge is 0.744 e. The van der Waals surface area contributed by atoms with Gasteiger partial charge in [0.25, 0.3) is 0 Å². The van der Waals surface area contributed by atoms with Gasteiger partial charge < -0.3 is 19.0 Å². The van der Waals surface area contributed by atoms with Crippen LogP contribution in [0.15, 0.2) is 149 Å². The molecule has 1 amide bonds. The molecule has 1 aliphatic carbocycles. The molecule has 0 radical (unpaired) electrons. The maximum atomic E-state index is 12.8. The van der Waals surface area contributed by atoms with E-state index in [1.165, 1.54) is 55.5 Å². The van der Waals surface area contributed by atoms with Crippen molar-refractivity contribution in [3.63, 3.8) is 0 Å². The Kier molecular flexibility index (Phi) is 16.6. The molecule has 0 fully saturated rings. The number of hydrogen-bond donors (Lipinski definition) is 2. The van der Waals surface area contributed by atoms with Crippen molar-refractivity contribution >= 4 is 110 Å². The van der Waals surface area contributed by atoms with Crippen molar-refractivity contribution in [1.29, 1.82) is 0 Å². The van der Waals surface area contributed by atoms with E-state index in [0.29, 0.717) is 16.8 Å². The Morgan fingerprint density at radius 2 is 1.03 bits per heavy atom. The van der Waals surface area contributed by atoms with Gasteiger partial charge in [0.15, 0.2) is 0 Å². The quantitative estimate of drug-likeness (QED) is 0.0648. The number of azo groups is 2. The predicted molar refractivity (Wildman–Crippen MR) is 212 cm³/mol. The Morgan fingerprint density at radius 1 is 0.548 bits per heavy atom. The van der Waals surface area contributed by atoms with Crippen LogP contribution in [0, 0.1) is 0 Å². The number of nitrogens with one attached hydrogen (secondary N) is 2. The van der Waals surface area contributed by atoms with Gasteiger partial charge in [-0.15, -0.1) is 15.3 Å². The van der Waals surface area contributed by atoms with Crippen LogP contribution in [0.3, 0.4) is 0 Å². The van der Waals surface area contributed by atoms with Gasteiger partial charge >= 0.3 is 88.7 Å². The summed E-state index contributed by atoms with van der Waals surface area (Å²) in [5, 5.41) is 24.8. The normalized spacial score (nSPS) is 13.4. The molecule has 6 aromatic carbocycles. The summed E-state index contributed by atoms with van der Waals surface area (Å²) in [7, 11) is -14.7. The van der Waals surface area contributed by atoms with Gasteiger partial charge in [-0.3, -0.25) is 15.0 Å². The van der Waals surface area contributed by atoms with Crippen LogP contribution in [0.2, 0.25) is 0 Å². The molecule has 0 unspecified atom stereocenters. The molecule has 0 heterocycles. The molecule has 2 N–H and O–H groups in total. The maximum absolute atomic E-state index is 12.8. The van der Waals surface area contributed by atoms with E-state index in [2.05, 4.69) is 36.3 Å². The molecule has 24 heteroatoms. The summed E-state index contributed by atoms with van der Waals surface area (Å²) in [6.07, 6.45) is 2.48. The Bertz CT molecular complexity index is 3260. The molecule has 0 aliphatic heterocycles. The molecular formula is C38H24N7Na3O11S3. The van der Waals surface area contributed by atoms with E-state index in [9.17, 15) is 48.5 Å². The number of nitrogens with zero attached hydrogens (tertiary/aromatic N) is 5. The summed E-state index contributed by atoms with van der Waals surface area (Å²) in [6, 6.07) is 22.7. The van der Waals surface area contributed by atoms with Crippen LogP contribution < -0.4 is 99.4 Å². The molecular weight excluding hydrogens is 896 g/mol. The number of amides is 1. The van der Waals surface area contributed by atoms with Gasteiger partial charge in [-0.05, 0) is 96.6 Å². The van der Waals surface area contributed by atoms with Gasteiger partial charge in [-0.2, -0.15) is 10.2 Å². The molecule has 7 rings (SSSR count). The number of ketones is 1. The van der Waals surface area contributed by atoms with E-state index >= 15 is 0 Å². The molecule has 62 heavy (non-hydrogen) atoms. The van der Waals surface area contributed by atoms with Gasteiger partial charge in [-0.1, -0.05) is 24.3 Å². The number of hydrazone groups is 1. The fourth-order valence-electron chi connectivity index (χ4n) is 5.97. The standard InChI is InChI=1S/C38H27N7O11S3.3Na/c1-21(46)39-23-3-5-24(6-4-23)40-41-33-13-15-35(31-19-26(58(51,52)53)8-11-29(31)33)42-43-36-16-14-34(30-12-9-27(20-32(30)36)59(54,55)56)44-45-38-28-10-7-25(57(48,49)50)18-22(28)2-17-37(38)47;;;/h2-20,44H,1H3,(H,39,46)(H,48,49,50)(H,51,52,53)(H,54,55,56);;;/q;3*+1/p-3/b41-40?,43-42?,45-38-;;;. The largest absolute Gasteiger partial charge is 1.00 e. The van der Waals surface area contributed by atoms with Gasteiger partial charge in [-0.25, -0.2) is 25.3 Å². The zero-order valence-corrected chi connectivity index (χ0v) is 41.4. The second-order valence-corrected chi connectivity index (χ2v) is 16.8. The molecule has 0 bridgehead atoms. The van der Waals surface area contributed by atoms with Gasteiger partial charge in [0.2, 0.25) is 11.7 Å². The number of carbonyl (C=O) groups excluding carboxylic acids is 2. The zero-order valence-electron chi connectivity index (χ0n) is 32.9. The third-order valence-corrected chi connectivity index (χ3v) is 11.2. The van der Waals surface area contributed by atoms with E-state index in [4.69, 9.17) is 0 Å². The summed E-state index contributed by atoms with van der Waals surface area (Å²) in [5.41, 5.74) is 4.60. The first kappa shape index (κ1) is 50.8. The van der Waals surface area contributed by atoms with Crippen molar-refractivity contribution in [1.82, 2.24) is 0 Å². The summed E-state index contributed by atoms with van der Waals surface area (Å²) < 4.78 is 107. The first-order valence-electron chi connectivity index (χ1n) is 16.8. The third-order valence-electron chi connectivity index (χ3n) is 8.71. The second kappa shape index (κ2) is 20.3. The molecule has 6 aromatic rings. The Labute approximate surface area is 420 Å². The molecule has 0 aromatic heterocycles. The number of benzene rings is 6. The summed E-state index contributed by atoms with van der Waals surface area (Å²) in [6.45, 7) is 1.37. The minimum atomic E-state index is -4.97. The van der Waals surface area contributed by atoms with E-state index in [1.807, 2.05) is 0 Å². The molecule has 0 spiro atoms. The molecule has 0 saturated carbocycles. The van der Waals surface area contributed by atoms with Crippen LogP contribution in [0.4, 0.5) is 34.1 Å². The second-order valence-electron chi connectivity index (χ2n) is 12.7. The van der Waals surface area contributed by atoms with Crippen LogP contribution in [0.5, 0.6) is 0 Å². The fraction of sp³-hybridized carbons (Fsp3) is 0.0263. The Balaban J connectivity index is 0.00000282. The summed E-state index contributed by atoms with van der Waals surface area (Å²) >= 11 is 0. The number of carbonyl (C=O) groups is 2. The maximum Gasteiger partial charge on any atom is 1.00 e. The monoisotopic (exact) mass is 919 g/mol. The zero-order chi connectivity index (χ0) is 42.3. The Hall–Kier alpha value is -3.88. The van der Waals surface area contributed by atoms with Gasteiger partial charge in [0.05, 0.1) is 43.1 Å². The van der Waals surface area contributed by atoms with Gasteiger partial charge in [0.1, 0.15) is 36.1 Å². The van der Waals surface area contributed by atoms with Crippen molar-refractivity contribution < 1.29 is 137 Å². The van der Waals surface area contributed by atoms with Crippen molar-refractivity contribution in [2.45, 2.75) is 21.6 Å². The Morgan fingerprint density at radius 3 is 1.60 bits per heavy atom. The number of anilines is 2. The number of allylic oxidation sites excluding steroid dienone is 1. The average Bonchev–Trinajstić information content (AvgIpc) is 3.18. The molecule has 298 valence electrons. The van der Waals surface area contributed by atoms with Crippen LogP contribution in [-0.4, -0.2) is 56.3 Å². The van der Waals surface area contributed by atoms with E-state index in [1.54, 1.807) is 24.3 Å². The first-order valence-corrected chi connectivity index (χ1v) is 21.0.